The van der Waals surface area contributed by atoms with Gasteiger partial charge in [0.05, 0.1) is 18.3 Å². The number of hydrogen-bond donors (Lipinski definition) is 1. The maximum absolute atomic E-state index is 13.6. The summed E-state index contributed by atoms with van der Waals surface area (Å²) in [7, 11) is 0. The van der Waals surface area contributed by atoms with Crippen LogP contribution in [0, 0.1) is 0 Å². The number of fused-ring (bicyclic) bond motifs is 1. The predicted molar refractivity (Wildman–Crippen MR) is 184 cm³/mol. The molecule has 0 unspecified atom stereocenters. The number of halogens is 3. The lowest BCUT2D eigenvalue weighted by Crippen LogP contribution is -2.43. The molecule has 10 nitrogen and oxygen atoms in total. The lowest BCUT2D eigenvalue weighted by atomic mass is 9.88. The molecule has 0 saturated carbocycles. The van der Waals surface area contributed by atoms with E-state index in [1.54, 1.807) is 42.7 Å². The van der Waals surface area contributed by atoms with Crippen molar-refractivity contribution < 1.29 is 46.9 Å². The second-order valence-electron chi connectivity index (χ2n) is 14.1. The molecule has 2 saturated heterocycles. The highest BCUT2D eigenvalue weighted by molar-refractivity contribution is 6.08. The van der Waals surface area contributed by atoms with Crippen molar-refractivity contribution in [3.63, 3.8) is 0 Å². The Morgan fingerprint density at radius 1 is 0.804 bits per heavy atom. The van der Waals surface area contributed by atoms with Crippen LogP contribution in [0.5, 0.6) is 0 Å². The third kappa shape index (κ3) is 9.57. The summed E-state index contributed by atoms with van der Waals surface area (Å²) in [6, 6.07) is 15.9. The molecule has 2 fully saturated rings. The van der Waals surface area contributed by atoms with Crippen LogP contribution in [-0.2, 0) is 20.4 Å². The molecule has 0 aliphatic carbocycles. The highest BCUT2D eigenvalue weighted by Gasteiger charge is 2.34. The minimum atomic E-state index is -4.52. The molecular formula is C38H44F3N3O7. The Hall–Kier alpha value is -4.65. The van der Waals surface area contributed by atoms with Gasteiger partial charge in [-0.25, -0.2) is 4.79 Å². The molecule has 2 aliphatic rings. The number of carboxylic acids is 1. The highest BCUT2D eigenvalue weighted by Crippen LogP contribution is 2.36. The van der Waals surface area contributed by atoms with Crippen molar-refractivity contribution in [1.29, 1.82) is 0 Å². The van der Waals surface area contributed by atoms with Crippen molar-refractivity contribution in [2.75, 3.05) is 45.9 Å². The van der Waals surface area contributed by atoms with Crippen LogP contribution in [0.2, 0.25) is 0 Å². The zero-order valence-electron chi connectivity index (χ0n) is 29.1. The number of nitrogens with zero attached hydrogens (tertiary/aromatic N) is 3. The topological polar surface area (TPSA) is 117 Å². The lowest BCUT2D eigenvalue weighted by Gasteiger charge is -2.33. The van der Waals surface area contributed by atoms with Crippen molar-refractivity contribution in [2.45, 2.75) is 70.3 Å². The minimum Gasteiger partial charge on any atom is -0.480 e. The molecule has 1 N–H and O–H groups in total. The summed E-state index contributed by atoms with van der Waals surface area (Å²) in [5.74, 6) is -1.33. The molecule has 3 aromatic carbocycles. The van der Waals surface area contributed by atoms with Crippen LogP contribution in [0.1, 0.15) is 84.2 Å². The number of amides is 3. The van der Waals surface area contributed by atoms with Gasteiger partial charge in [-0.15, -0.1) is 0 Å². The number of carbonyl (C=O) groups is 4. The smallest absolute Gasteiger partial charge is 0.417 e. The summed E-state index contributed by atoms with van der Waals surface area (Å²) < 4.78 is 52.0. The Morgan fingerprint density at radius 2 is 1.39 bits per heavy atom. The Morgan fingerprint density at radius 3 is 2.00 bits per heavy atom. The van der Waals surface area contributed by atoms with Crippen LogP contribution in [0.15, 0.2) is 60.7 Å². The molecule has 13 heteroatoms. The molecule has 2 heterocycles. The quantitative estimate of drug-likeness (QED) is 0.259. The Kier molecular flexibility index (Phi) is 11.6. The van der Waals surface area contributed by atoms with E-state index < -0.39 is 35.9 Å². The van der Waals surface area contributed by atoms with E-state index in [0.29, 0.717) is 57.4 Å². The zero-order valence-corrected chi connectivity index (χ0v) is 29.1. The van der Waals surface area contributed by atoms with Crippen molar-refractivity contribution in [1.82, 2.24) is 14.7 Å². The molecule has 3 amide bonds. The van der Waals surface area contributed by atoms with Crippen LogP contribution < -0.4 is 0 Å². The average Bonchev–Trinajstić information content (AvgIpc) is 3.09. The monoisotopic (exact) mass is 711 g/mol. The summed E-state index contributed by atoms with van der Waals surface area (Å²) >= 11 is 0. The SMILES string of the molecule is CC(C)(C)OC(=O)N(CCOC1CCN(C(=O)c2ccc(C3CCN(C(=O)c4cccc5c(C(F)(F)F)cccc45)CC3)cc2)CC1)CC(=O)O. The Bertz CT molecular complexity index is 1720. The largest absolute Gasteiger partial charge is 0.480 e. The summed E-state index contributed by atoms with van der Waals surface area (Å²) in [6.45, 7) is 6.77. The van der Waals surface area contributed by atoms with E-state index in [2.05, 4.69) is 0 Å². The van der Waals surface area contributed by atoms with E-state index in [9.17, 15) is 37.5 Å². The molecule has 0 spiro atoms. The van der Waals surface area contributed by atoms with E-state index in [1.807, 2.05) is 24.3 Å². The van der Waals surface area contributed by atoms with E-state index in [4.69, 9.17) is 9.47 Å². The summed E-state index contributed by atoms with van der Waals surface area (Å²) in [6.07, 6.45) is -2.77. The summed E-state index contributed by atoms with van der Waals surface area (Å²) in [5, 5.41) is 9.48. The van der Waals surface area contributed by atoms with Crippen molar-refractivity contribution in [2.24, 2.45) is 0 Å². The first kappa shape index (κ1) is 37.6. The maximum atomic E-state index is 13.6. The van der Waals surface area contributed by atoms with Gasteiger partial charge in [0.15, 0.2) is 0 Å². The molecule has 0 radical (unpaired) electrons. The van der Waals surface area contributed by atoms with Crippen molar-refractivity contribution >= 4 is 34.6 Å². The van der Waals surface area contributed by atoms with Crippen LogP contribution >= 0.6 is 0 Å². The Balaban J connectivity index is 1.09. The number of likely N-dealkylation sites (tertiary alicyclic amines) is 2. The number of ether oxygens (including phenoxy) is 2. The van der Waals surface area contributed by atoms with Gasteiger partial charge in [-0.2, -0.15) is 13.2 Å². The normalized spacial score (nSPS) is 16.3. The fourth-order valence-electron chi connectivity index (χ4n) is 6.69. The first-order chi connectivity index (χ1) is 24.1. The van der Waals surface area contributed by atoms with Crippen molar-refractivity contribution in [3.8, 4) is 0 Å². The van der Waals surface area contributed by atoms with Gasteiger partial charge in [-0.1, -0.05) is 36.4 Å². The van der Waals surface area contributed by atoms with Crippen molar-refractivity contribution in [3.05, 3.63) is 82.9 Å². The van der Waals surface area contributed by atoms with E-state index in [1.165, 1.54) is 18.2 Å². The molecular weight excluding hydrogens is 667 g/mol. The summed E-state index contributed by atoms with van der Waals surface area (Å²) in [5.41, 5.74) is 0.379. The molecule has 274 valence electrons. The number of carboxylic acid groups (broad SMARTS) is 1. The number of alkyl halides is 3. The standard InChI is InChI=1S/C38H44F3N3O7/c1-37(2,3)51-36(49)44(24-33(45)46)22-23-50-28-16-20-42(21-17-28)34(47)27-12-10-25(11-13-27)26-14-18-43(19-15-26)35(48)31-8-4-7-30-29(31)6-5-9-32(30)38(39,40)41/h4-13,26,28H,14-24H2,1-3H3,(H,45,46). The predicted octanol–water partition coefficient (Wildman–Crippen LogP) is 6.82. The molecule has 3 aromatic rings. The third-order valence-corrected chi connectivity index (χ3v) is 9.29. The third-order valence-electron chi connectivity index (χ3n) is 9.29. The number of aliphatic carboxylic acids is 1. The van der Waals surface area contributed by atoms with Gasteiger partial charge >= 0.3 is 18.2 Å². The van der Waals surface area contributed by atoms with Crippen LogP contribution in [0.3, 0.4) is 0 Å². The Labute approximate surface area is 295 Å². The fraction of sp³-hybridized carbons (Fsp3) is 0.474. The molecule has 0 bridgehead atoms. The van der Waals surface area contributed by atoms with Gasteiger partial charge in [0.25, 0.3) is 11.8 Å². The molecule has 51 heavy (non-hydrogen) atoms. The number of rotatable bonds is 9. The van der Waals surface area contributed by atoms with Gasteiger partial charge in [0.2, 0.25) is 0 Å². The zero-order chi connectivity index (χ0) is 36.9. The molecule has 0 aromatic heterocycles. The number of carbonyl (C=O) groups excluding carboxylic acids is 3. The van der Waals surface area contributed by atoms with E-state index in [-0.39, 0.29) is 53.3 Å². The first-order valence-electron chi connectivity index (χ1n) is 17.2. The van der Waals surface area contributed by atoms with Gasteiger partial charge < -0.3 is 24.4 Å². The van der Waals surface area contributed by atoms with Gasteiger partial charge in [-0.3, -0.25) is 19.3 Å². The van der Waals surface area contributed by atoms with Gasteiger partial charge in [0, 0.05) is 43.9 Å². The number of benzene rings is 3. The maximum Gasteiger partial charge on any atom is 0.417 e. The molecule has 5 rings (SSSR count). The molecule has 0 atom stereocenters. The highest BCUT2D eigenvalue weighted by atomic mass is 19.4. The number of hydrogen-bond acceptors (Lipinski definition) is 6. The van der Waals surface area contributed by atoms with Crippen LogP contribution in [0.25, 0.3) is 10.8 Å². The van der Waals surface area contributed by atoms with Crippen LogP contribution in [0.4, 0.5) is 18.0 Å². The second-order valence-corrected chi connectivity index (χ2v) is 14.1. The van der Waals surface area contributed by atoms with Crippen LogP contribution in [-0.4, -0.2) is 101 Å². The second kappa shape index (κ2) is 15.7. The average molecular weight is 712 g/mol. The molecule has 2 aliphatic heterocycles. The lowest BCUT2D eigenvalue weighted by molar-refractivity contribution is -0.138. The first-order valence-corrected chi connectivity index (χ1v) is 17.2. The van der Waals surface area contributed by atoms with Gasteiger partial charge in [0.1, 0.15) is 12.1 Å². The number of piperidine rings is 2. The summed E-state index contributed by atoms with van der Waals surface area (Å²) in [4.78, 5) is 54.9. The minimum absolute atomic E-state index is 0.0104. The van der Waals surface area contributed by atoms with E-state index in [0.717, 1.165) is 16.5 Å². The van der Waals surface area contributed by atoms with Gasteiger partial charge in [-0.05, 0) is 93.0 Å². The fourth-order valence-corrected chi connectivity index (χ4v) is 6.69. The van der Waals surface area contributed by atoms with E-state index >= 15 is 0 Å².